The van der Waals surface area contributed by atoms with Crippen molar-refractivity contribution >= 4 is 29.1 Å². The van der Waals surface area contributed by atoms with Gasteiger partial charge in [-0.1, -0.05) is 23.2 Å². The van der Waals surface area contributed by atoms with Gasteiger partial charge in [-0.15, -0.1) is 0 Å². The highest BCUT2D eigenvalue weighted by Crippen LogP contribution is 2.26. The summed E-state index contributed by atoms with van der Waals surface area (Å²) in [5.41, 5.74) is 3.53. The molecule has 164 valence electrons. The molecule has 0 radical (unpaired) electrons. The van der Waals surface area contributed by atoms with Crippen molar-refractivity contribution in [1.29, 1.82) is 0 Å². The van der Waals surface area contributed by atoms with Crippen molar-refractivity contribution < 1.29 is 9.53 Å². The smallest absolute Gasteiger partial charge is 0.224 e. The quantitative estimate of drug-likeness (QED) is 0.645. The normalized spacial score (nSPS) is 19.8. The van der Waals surface area contributed by atoms with Crippen LogP contribution in [0.2, 0.25) is 10.0 Å². The van der Waals surface area contributed by atoms with E-state index in [1.165, 1.54) is 0 Å². The fraction of sp³-hybridized carbons (Fsp3) is 0.545. The summed E-state index contributed by atoms with van der Waals surface area (Å²) in [5, 5.41) is 8.61. The standard InChI is InChI=1S/C22H30Cl2N4O2/c1-14-12-27(13-15(2)30-14)9-5-8-25-22(29)11-19-16(3)26-28(17(19)4)18-6-7-20(23)21(24)10-18/h6-7,10,14-15H,5,8-9,11-13H2,1-4H3,(H,25,29). The molecule has 1 saturated heterocycles. The van der Waals surface area contributed by atoms with Crippen LogP contribution >= 0.6 is 23.2 Å². The van der Waals surface area contributed by atoms with Gasteiger partial charge in [-0.25, -0.2) is 4.68 Å². The van der Waals surface area contributed by atoms with E-state index in [9.17, 15) is 4.79 Å². The summed E-state index contributed by atoms with van der Waals surface area (Å²) in [7, 11) is 0. The Kier molecular flexibility index (Phi) is 7.80. The van der Waals surface area contributed by atoms with Gasteiger partial charge in [0.15, 0.2) is 0 Å². The fourth-order valence-electron chi connectivity index (χ4n) is 4.02. The van der Waals surface area contributed by atoms with E-state index >= 15 is 0 Å². The van der Waals surface area contributed by atoms with Crippen molar-refractivity contribution in [3.8, 4) is 5.69 Å². The Morgan fingerprint density at radius 1 is 1.20 bits per heavy atom. The van der Waals surface area contributed by atoms with Gasteiger partial charge in [-0.3, -0.25) is 9.69 Å². The van der Waals surface area contributed by atoms with Crippen LogP contribution in [0.1, 0.15) is 37.2 Å². The van der Waals surface area contributed by atoms with Gasteiger partial charge in [-0.05, 0) is 52.3 Å². The molecule has 2 aromatic rings. The average Bonchev–Trinajstić information content (AvgIpc) is 2.95. The number of amides is 1. The highest BCUT2D eigenvalue weighted by atomic mass is 35.5. The van der Waals surface area contributed by atoms with E-state index in [0.717, 1.165) is 48.7 Å². The maximum atomic E-state index is 12.5. The second kappa shape index (κ2) is 10.1. The van der Waals surface area contributed by atoms with Crippen LogP contribution in [0.5, 0.6) is 0 Å². The molecule has 1 N–H and O–H groups in total. The molecule has 8 heteroatoms. The summed E-state index contributed by atoms with van der Waals surface area (Å²) >= 11 is 12.2. The van der Waals surface area contributed by atoms with E-state index in [4.69, 9.17) is 27.9 Å². The zero-order valence-corrected chi connectivity index (χ0v) is 19.6. The monoisotopic (exact) mass is 452 g/mol. The maximum absolute atomic E-state index is 12.5. The van der Waals surface area contributed by atoms with Crippen molar-refractivity contribution in [3.63, 3.8) is 0 Å². The number of benzene rings is 1. The summed E-state index contributed by atoms with van der Waals surface area (Å²) in [4.78, 5) is 14.9. The number of halogens is 2. The topological polar surface area (TPSA) is 59.4 Å². The van der Waals surface area contributed by atoms with Crippen LogP contribution in [0.3, 0.4) is 0 Å². The van der Waals surface area contributed by atoms with Gasteiger partial charge < -0.3 is 10.1 Å². The van der Waals surface area contributed by atoms with Gasteiger partial charge >= 0.3 is 0 Å². The fourth-order valence-corrected chi connectivity index (χ4v) is 4.31. The van der Waals surface area contributed by atoms with E-state index < -0.39 is 0 Å². The van der Waals surface area contributed by atoms with Crippen molar-refractivity contribution in [2.45, 2.75) is 52.7 Å². The molecule has 1 amide bonds. The minimum Gasteiger partial charge on any atom is -0.373 e. The molecule has 1 aromatic heterocycles. The lowest BCUT2D eigenvalue weighted by molar-refractivity contribution is -0.120. The molecule has 6 nitrogen and oxygen atoms in total. The number of morpholine rings is 1. The summed E-state index contributed by atoms with van der Waals surface area (Å²) < 4.78 is 7.57. The highest BCUT2D eigenvalue weighted by Gasteiger charge is 2.21. The number of aryl methyl sites for hydroxylation is 1. The molecule has 1 fully saturated rings. The third kappa shape index (κ3) is 5.76. The molecular formula is C22H30Cl2N4O2. The molecule has 0 bridgehead atoms. The summed E-state index contributed by atoms with van der Waals surface area (Å²) in [5.74, 6) is 0.0126. The first-order chi connectivity index (χ1) is 14.2. The predicted octanol–water partition coefficient (Wildman–Crippen LogP) is 3.95. The number of carbonyl (C=O) groups is 1. The predicted molar refractivity (Wildman–Crippen MR) is 121 cm³/mol. The molecule has 30 heavy (non-hydrogen) atoms. The minimum atomic E-state index is 0.0126. The van der Waals surface area contributed by atoms with Crippen LogP contribution in [0.4, 0.5) is 0 Å². The van der Waals surface area contributed by atoms with Crippen LogP contribution in [-0.4, -0.2) is 59.0 Å². The number of aromatic nitrogens is 2. The third-order valence-electron chi connectivity index (χ3n) is 5.39. The van der Waals surface area contributed by atoms with Crippen molar-refractivity contribution in [2.75, 3.05) is 26.2 Å². The Hall–Kier alpha value is -1.60. The second-order valence-corrected chi connectivity index (χ2v) is 8.87. The van der Waals surface area contributed by atoms with Gasteiger partial charge in [0.05, 0.1) is 40.1 Å². The zero-order chi connectivity index (χ0) is 21.8. The van der Waals surface area contributed by atoms with Crippen molar-refractivity contribution in [1.82, 2.24) is 20.0 Å². The molecule has 1 aliphatic rings. The van der Waals surface area contributed by atoms with Crippen LogP contribution in [0, 0.1) is 13.8 Å². The molecule has 0 aliphatic carbocycles. The number of carbonyl (C=O) groups excluding carboxylic acids is 1. The molecule has 2 atom stereocenters. The Bertz CT molecular complexity index is 890. The second-order valence-electron chi connectivity index (χ2n) is 8.06. The van der Waals surface area contributed by atoms with Crippen LogP contribution in [-0.2, 0) is 16.0 Å². The van der Waals surface area contributed by atoms with E-state index in [-0.39, 0.29) is 18.1 Å². The molecule has 3 rings (SSSR count). The molecule has 1 aromatic carbocycles. The highest BCUT2D eigenvalue weighted by molar-refractivity contribution is 6.42. The third-order valence-corrected chi connectivity index (χ3v) is 6.13. The molecule has 1 aliphatic heterocycles. The van der Waals surface area contributed by atoms with Crippen molar-refractivity contribution in [3.05, 3.63) is 45.2 Å². The van der Waals surface area contributed by atoms with Gasteiger partial charge in [0.2, 0.25) is 5.91 Å². The van der Waals surface area contributed by atoms with Crippen LogP contribution in [0.25, 0.3) is 5.69 Å². The first-order valence-electron chi connectivity index (χ1n) is 10.4. The lowest BCUT2D eigenvalue weighted by atomic mass is 10.1. The zero-order valence-electron chi connectivity index (χ0n) is 18.0. The van der Waals surface area contributed by atoms with E-state index in [1.54, 1.807) is 16.8 Å². The molecule has 2 unspecified atom stereocenters. The Morgan fingerprint density at radius 2 is 1.90 bits per heavy atom. The number of nitrogens with zero attached hydrogens (tertiary/aromatic N) is 3. The number of nitrogens with one attached hydrogen (secondary N) is 1. The van der Waals surface area contributed by atoms with Crippen LogP contribution in [0.15, 0.2) is 18.2 Å². The molecule has 2 heterocycles. The van der Waals surface area contributed by atoms with Gasteiger partial charge in [0.25, 0.3) is 0 Å². The Morgan fingerprint density at radius 3 is 2.57 bits per heavy atom. The van der Waals surface area contributed by atoms with Gasteiger partial charge in [0.1, 0.15) is 0 Å². The van der Waals surface area contributed by atoms with Gasteiger partial charge in [-0.2, -0.15) is 5.10 Å². The van der Waals surface area contributed by atoms with E-state index in [2.05, 4.69) is 29.2 Å². The van der Waals surface area contributed by atoms with Gasteiger partial charge in [0, 0.05) is 37.4 Å². The van der Waals surface area contributed by atoms with Crippen LogP contribution < -0.4 is 5.32 Å². The number of rotatable bonds is 7. The largest absolute Gasteiger partial charge is 0.373 e. The lowest BCUT2D eigenvalue weighted by Gasteiger charge is -2.35. The Balaban J connectivity index is 1.53. The summed E-state index contributed by atoms with van der Waals surface area (Å²) in [6.45, 7) is 11.6. The molecule has 0 saturated carbocycles. The average molecular weight is 453 g/mol. The lowest BCUT2D eigenvalue weighted by Crippen LogP contribution is -2.46. The van der Waals surface area contributed by atoms with E-state index in [1.807, 2.05) is 19.9 Å². The molecule has 0 spiro atoms. The number of hydrogen-bond acceptors (Lipinski definition) is 4. The Labute approximate surface area is 188 Å². The SMILES string of the molecule is Cc1nn(-c2ccc(Cl)c(Cl)c2)c(C)c1CC(=O)NCCCN1CC(C)OC(C)C1. The number of ether oxygens (including phenoxy) is 1. The minimum absolute atomic E-state index is 0.0126. The summed E-state index contributed by atoms with van der Waals surface area (Å²) in [6, 6.07) is 5.39. The molecular weight excluding hydrogens is 423 g/mol. The first-order valence-corrected chi connectivity index (χ1v) is 11.1. The van der Waals surface area contributed by atoms with E-state index in [0.29, 0.717) is 23.0 Å². The first kappa shape index (κ1) is 23.1. The van der Waals surface area contributed by atoms with Crippen molar-refractivity contribution in [2.24, 2.45) is 0 Å². The maximum Gasteiger partial charge on any atom is 0.224 e. The summed E-state index contributed by atoms with van der Waals surface area (Å²) in [6.07, 6.45) is 1.76. The number of hydrogen-bond donors (Lipinski definition) is 1.